The molecule has 21 heavy (non-hydrogen) atoms. The van der Waals surface area contributed by atoms with Crippen LogP contribution in [0.2, 0.25) is 0 Å². The van der Waals surface area contributed by atoms with Gasteiger partial charge in [-0.2, -0.15) is 0 Å². The van der Waals surface area contributed by atoms with Crippen molar-refractivity contribution in [3.8, 4) is 0 Å². The van der Waals surface area contributed by atoms with Gasteiger partial charge in [-0.15, -0.1) is 4.52 Å². The van der Waals surface area contributed by atoms with E-state index in [9.17, 15) is 18.8 Å². The van der Waals surface area contributed by atoms with Gasteiger partial charge in [-0.25, -0.2) is 8.88 Å². The van der Waals surface area contributed by atoms with E-state index < -0.39 is 35.9 Å². The molecule has 0 amide bonds. The number of hydrogen-bond acceptors (Lipinski definition) is 8. The van der Waals surface area contributed by atoms with Crippen molar-refractivity contribution in [1.29, 1.82) is 0 Å². The highest BCUT2D eigenvalue weighted by Crippen LogP contribution is 2.62. The second-order valence-electron chi connectivity index (χ2n) is 4.68. The number of aliphatic hydroxyl groups excluding tert-OH is 1. The third-order valence-electron chi connectivity index (χ3n) is 2.82. The zero-order valence-corrected chi connectivity index (χ0v) is 14.2. The SMILES string of the molecule is CC1OC(CO[P+](=O)OP(=O)(O)OP(C)(=O)O)C(O)C1C. The largest absolute Gasteiger partial charge is 0.708 e. The standard InChI is InChI=1S/C8H17O10P3/c1-5-6(2)16-7(8(5)9)4-15-19(10)17-21(13,14)18-20(3,11)12/h5-9H,4H2,1-3H3,(H-,11,12,13,14)/p+1. The highest BCUT2D eigenvalue weighted by Gasteiger charge is 2.44. The van der Waals surface area contributed by atoms with E-state index in [0.29, 0.717) is 6.66 Å². The van der Waals surface area contributed by atoms with E-state index in [0.717, 1.165) is 0 Å². The molecule has 1 rings (SSSR count). The predicted octanol–water partition coefficient (Wildman–Crippen LogP) is 1.39. The predicted molar refractivity (Wildman–Crippen MR) is 70.8 cm³/mol. The van der Waals surface area contributed by atoms with Crippen molar-refractivity contribution in [2.24, 2.45) is 5.92 Å². The van der Waals surface area contributed by atoms with Gasteiger partial charge in [-0.3, -0.25) is 9.46 Å². The molecule has 0 saturated carbocycles. The monoisotopic (exact) mass is 367 g/mol. The van der Waals surface area contributed by atoms with Crippen molar-refractivity contribution in [3.05, 3.63) is 0 Å². The summed E-state index contributed by atoms with van der Waals surface area (Å²) in [6.07, 6.45) is -1.82. The molecule has 0 aromatic carbocycles. The molecule has 3 N–H and O–H groups in total. The minimum absolute atomic E-state index is 0.148. The normalized spacial score (nSPS) is 36.0. The van der Waals surface area contributed by atoms with Gasteiger partial charge in [0.05, 0.1) is 12.2 Å². The molecule has 1 heterocycles. The number of phosphoric acid groups is 1. The Morgan fingerprint density at radius 2 is 1.86 bits per heavy atom. The van der Waals surface area contributed by atoms with Gasteiger partial charge in [0, 0.05) is 17.1 Å². The molecule has 7 atom stereocenters. The average Bonchev–Trinajstić information content (AvgIpc) is 2.50. The molecule has 13 heteroatoms. The van der Waals surface area contributed by atoms with Crippen LogP contribution in [-0.4, -0.2) is 46.5 Å². The molecular weight excluding hydrogens is 349 g/mol. The number of hydrogen-bond donors (Lipinski definition) is 3. The Bertz CT molecular complexity index is 475. The summed E-state index contributed by atoms with van der Waals surface area (Å²) in [5.74, 6) is -0.148. The molecule has 1 aliphatic rings. The van der Waals surface area contributed by atoms with E-state index in [-0.39, 0.29) is 18.6 Å². The second-order valence-corrected chi connectivity index (χ2v) is 9.24. The quantitative estimate of drug-likeness (QED) is 0.564. The van der Waals surface area contributed by atoms with Crippen LogP contribution in [0.1, 0.15) is 13.8 Å². The van der Waals surface area contributed by atoms with Gasteiger partial charge < -0.3 is 14.7 Å². The van der Waals surface area contributed by atoms with Crippen LogP contribution in [0.5, 0.6) is 0 Å². The Labute approximate surface area is 122 Å². The van der Waals surface area contributed by atoms with Gasteiger partial charge in [0.2, 0.25) is 0 Å². The first-order valence-electron chi connectivity index (χ1n) is 5.89. The summed E-state index contributed by atoms with van der Waals surface area (Å²) in [6, 6.07) is 0. The van der Waals surface area contributed by atoms with Crippen LogP contribution in [0.4, 0.5) is 0 Å². The van der Waals surface area contributed by atoms with Gasteiger partial charge in [0.15, 0.2) is 0 Å². The number of aliphatic hydroxyl groups is 1. The molecule has 0 radical (unpaired) electrons. The minimum Gasteiger partial charge on any atom is -0.390 e. The molecule has 1 saturated heterocycles. The topological polar surface area (TPSA) is 149 Å². The Morgan fingerprint density at radius 3 is 2.29 bits per heavy atom. The van der Waals surface area contributed by atoms with Gasteiger partial charge in [-0.05, 0) is 11.2 Å². The molecule has 0 bridgehead atoms. The maximum absolute atomic E-state index is 11.4. The molecule has 0 aromatic heterocycles. The zero-order chi connectivity index (χ0) is 16.4. The fourth-order valence-electron chi connectivity index (χ4n) is 1.68. The van der Waals surface area contributed by atoms with Crippen molar-refractivity contribution in [2.75, 3.05) is 13.3 Å². The lowest BCUT2D eigenvalue weighted by atomic mass is 10.00. The maximum atomic E-state index is 11.4. The first-order chi connectivity index (χ1) is 9.41. The van der Waals surface area contributed by atoms with Crippen molar-refractivity contribution >= 4 is 23.7 Å². The summed E-state index contributed by atoms with van der Waals surface area (Å²) in [5.41, 5.74) is 0. The Balaban J connectivity index is 2.45. The van der Waals surface area contributed by atoms with E-state index in [2.05, 4.69) is 13.1 Å². The summed E-state index contributed by atoms with van der Waals surface area (Å²) >= 11 is 0. The van der Waals surface area contributed by atoms with E-state index in [1.54, 1.807) is 13.8 Å². The zero-order valence-electron chi connectivity index (χ0n) is 11.6. The summed E-state index contributed by atoms with van der Waals surface area (Å²) < 4.78 is 51.4. The van der Waals surface area contributed by atoms with Crippen LogP contribution in [0.15, 0.2) is 0 Å². The van der Waals surface area contributed by atoms with Gasteiger partial charge in [0.25, 0.3) is 0 Å². The van der Waals surface area contributed by atoms with Gasteiger partial charge in [0.1, 0.15) is 12.7 Å². The number of rotatable bonds is 7. The van der Waals surface area contributed by atoms with Crippen molar-refractivity contribution in [3.63, 3.8) is 0 Å². The van der Waals surface area contributed by atoms with Crippen molar-refractivity contribution < 1.29 is 46.5 Å². The van der Waals surface area contributed by atoms with Crippen LogP contribution >= 0.6 is 23.7 Å². The highest BCUT2D eigenvalue weighted by molar-refractivity contribution is 7.66. The van der Waals surface area contributed by atoms with E-state index in [1.807, 2.05) is 0 Å². The van der Waals surface area contributed by atoms with Crippen LogP contribution in [0.3, 0.4) is 0 Å². The molecule has 0 spiro atoms. The Morgan fingerprint density at radius 1 is 1.29 bits per heavy atom. The lowest BCUT2D eigenvalue weighted by Crippen LogP contribution is -2.28. The second kappa shape index (κ2) is 7.23. The molecule has 1 fully saturated rings. The van der Waals surface area contributed by atoms with E-state index in [4.69, 9.17) is 14.5 Å². The van der Waals surface area contributed by atoms with E-state index >= 15 is 0 Å². The molecule has 10 nitrogen and oxygen atoms in total. The van der Waals surface area contributed by atoms with Crippen LogP contribution in [-0.2, 0) is 31.6 Å². The Hall–Kier alpha value is 0.280. The minimum atomic E-state index is -5.00. The summed E-state index contributed by atoms with van der Waals surface area (Å²) in [4.78, 5) is 17.9. The highest BCUT2D eigenvalue weighted by atomic mass is 31.3. The molecule has 7 unspecified atom stereocenters. The lowest BCUT2D eigenvalue weighted by Gasteiger charge is -2.11. The molecular formula is C8H18O10P3+. The van der Waals surface area contributed by atoms with E-state index in [1.165, 1.54) is 0 Å². The van der Waals surface area contributed by atoms with Crippen LogP contribution in [0, 0.1) is 5.92 Å². The fourth-order valence-corrected chi connectivity index (χ4v) is 4.73. The maximum Gasteiger partial charge on any atom is 0.708 e. The summed E-state index contributed by atoms with van der Waals surface area (Å²) in [6.45, 7) is 3.84. The van der Waals surface area contributed by atoms with Crippen LogP contribution < -0.4 is 0 Å². The van der Waals surface area contributed by atoms with Crippen molar-refractivity contribution in [1.82, 2.24) is 0 Å². The van der Waals surface area contributed by atoms with Crippen LogP contribution in [0.25, 0.3) is 0 Å². The first kappa shape index (κ1) is 19.3. The molecule has 124 valence electrons. The molecule has 0 aliphatic carbocycles. The Kier molecular flexibility index (Phi) is 6.66. The third-order valence-corrected chi connectivity index (χ3v) is 6.57. The van der Waals surface area contributed by atoms with Crippen molar-refractivity contribution in [2.45, 2.75) is 32.2 Å². The van der Waals surface area contributed by atoms with Gasteiger partial charge >= 0.3 is 23.7 Å². The lowest BCUT2D eigenvalue weighted by molar-refractivity contribution is -0.0113. The number of ether oxygens (including phenoxy) is 1. The third kappa shape index (κ3) is 6.50. The smallest absolute Gasteiger partial charge is 0.390 e. The summed E-state index contributed by atoms with van der Waals surface area (Å²) in [5, 5.41) is 9.79. The molecule has 1 aliphatic heterocycles. The summed E-state index contributed by atoms with van der Waals surface area (Å²) in [7, 11) is -12.4. The fraction of sp³-hybridized carbons (Fsp3) is 1.00. The average molecular weight is 367 g/mol. The first-order valence-corrected chi connectivity index (χ1v) is 10.5. The van der Waals surface area contributed by atoms with Gasteiger partial charge in [-0.1, -0.05) is 6.92 Å². The molecule has 0 aromatic rings.